The molecule has 0 bridgehead atoms. The minimum atomic E-state index is -1.11. The maximum Gasteiger partial charge on any atom is 0.108 e. The van der Waals surface area contributed by atoms with E-state index in [1.54, 1.807) is 6.92 Å². The molecular weight excluding hydrogens is 216 g/mol. The summed E-state index contributed by atoms with van der Waals surface area (Å²) in [5, 5.41) is 18.7. The van der Waals surface area contributed by atoms with Gasteiger partial charge in [-0.25, -0.2) is 0 Å². The summed E-state index contributed by atoms with van der Waals surface area (Å²) < 4.78 is 5.77. The Morgan fingerprint density at radius 2 is 2.12 bits per heavy atom. The van der Waals surface area contributed by atoms with E-state index in [-0.39, 0.29) is 19.3 Å². The van der Waals surface area contributed by atoms with Crippen LogP contribution in [0.25, 0.3) is 0 Å². The first kappa shape index (κ1) is 14.9. The second-order valence-electron chi connectivity index (χ2n) is 6.49. The highest BCUT2D eigenvalue weighted by molar-refractivity contribution is 4.86. The van der Waals surface area contributed by atoms with Gasteiger partial charge in [0.15, 0.2) is 0 Å². The van der Waals surface area contributed by atoms with Crippen LogP contribution in [-0.4, -0.2) is 35.1 Å². The van der Waals surface area contributed by atoms with Gasteiger partial charge in [-0.15, -0.1) is 0 Å². The van der Waals surface area contributed by atoms with Crippen molar-refractivity contribution < 1.29 is 14.9 Å². The third-order valence-electron chi connectivity index (χ3n) is 4.33. The molecule has 1 aliphatic rings. The Bertz CT molecular complexity index is 238. The van der Waals surface area contributed by atoms with Crippen LogP contribution < -0.4 is 0 Å². The maximum atomic E-state index is 9.72. The van der Waals surface area contributed by atoms with Crippen LogP contribution in [0.4, 0.5) is 0 Å². The van der Waals surface area contributed by atoms with Gasteiger partial charge in [0.2, 0.25) is 0 Å². The quantitative estimate of drug-likeness (QED) is 0.780. The second-order valence-corrected chi connectivity index (χ2v) is 6.49. The topological polar surface area (TPSA) is 49.7 Å². The fourth-order valence-electron chi connectivity index (χ4n) is 2.47. The van der Waals surface area contributed by atoms with Gasteiger partial charge in [-0.3, -0.25) is 0 Å². The summed E-state index contributed by atoms with van der Waals surface area (Å²) in [5.41, 5.74) is -0.750. The number of rotatable bonds is 5. The van der Waals surface area contributed by atoms with Crippen molar-refractivity contribution in [2.75, 3.05) is 13.2 Å². The van der Waals surface area contributed by atoms with E-state index in [0.29, 0.717) is 11.3 Å². The molecule has 0 amide bonds. The third-order valence-corrected chi connectivity index (χ3v) is 4.33. The molecule has 0 aliphatic heterocycles. The predicted octanol–water partition coefficient (Wildman–Crippen LogP) is 2.35. The van der Waals surface area contributed by atoms with Gasteiger partial charge in [-0.1, -0.05) is 27.2 Å². The summed E-state index contributed by atoms with van der Waals surface area (Å²) >= 11 is 0. The first-order chi connectivity index (χ1) is 7.79. The van der Waals surface area contributed by atoms with E-state index in [2.05, 4.69) is 20.8 Å². The number of hydrogen-bond acceptors (Lipinski definition) is 3. The van der Waals surface area contributed by atoms with Crippen molar-refractivity contribution in [1.82, 2.24) is 0 Å². The molecule has 1 aliphatic carbocycles. The Labute approximate surface area is 105 Å². The zero-order valence-corrected chi connectivity index (χ0v) is 11.7. The van der Waals surface area contributed by atoms with Crippen LogP contribution in [0.2, 0.25) is 0 Å². The molecule has 2 N–H and O–H groups in total. The smallest absolute Gasteiger partial charge is 0.108 e. The molecule has 17 heavy (non-hydrogen) atoms. The molecule has 0 aromatic rings. The molecule has 0 aromatic carbocycles. The van der Waals surface area contributed by atoms with Crippen molar-refractivity contribution in [1.29, 1.82) is 0 Å². The van der Waals surface area contributed by atoms with Crippen LogP contribution in [0.5, 0.6) is 0 Å². The van der Waals surface area contributed by atoms with Crippen molar-refractivity contribution in [3.05, 3.63) is 0 Å². The van der Waals surface area contributed by atoms with Gasteiger partial charge in [0.1, 0.15) is 5.60 Å². The van der Waals surface area contributed by atoms with E-state index >= 15 is 0 Å². The fourth-order valence-corrected chi connectivity index (χ4v) is 2.47. The zero-order chi connectivity index (χ0) is 13.1. The van der Waals surface area contributed by atoms with Gasteiger partial charge in [-0.2, -0.15) is 0 Å². The van der Waals surface area contributed by atoms with Crippen molar-refractivity contribution in [2.45, 2.75) is 65.1 Å². The molecule has 0 heterocycles. The van der Waals surface area contributed by atoms with E-state index in [1.165, 1.54) is 12.8 Å². The summed E-state index contributed by atoms with van der Waals surface area (Å²) in [7, 11) is 0. The number of hydrogen-bond donors (Lipinski definition) is 2. The lowest BCUT2D eigenvalue weighted by atomic mass is 9.67. The number of aliphatic hydroxyl groups excluding tert-OH is 1. The number of aliphatic hydroxyl groups is 2. The Morgan fingerprint density at radius 1 is 1.47 bits per heavy atom. The highest BCUT2D eigenvalue weighted by Crippen LogP contribution is 2.42. The van der Waals surface area contributed by atoms with Gasteiger partial charge >= 0.3 is 0 Å². The lowest BCUT2D eigenvalue weighted by Gasteiger charge is -2.41. The van der Waals surface area contributed by atoms with E-state index < -0.39 is 5.60 Å². The zero-order valence-electron chi connectivity index (χ0n) is 11.7. The molecule has 0 aromatic heterocycles. The van der Waals surface area contributed by atoms with Gasteiger partial charge in [-0.05, 0) is 37.5 Å². The summed E-state index contributed by atoms with van der Waals surface area (Å²) in [5.74, 6) is 0.659. The molecule has 1 fully saturated rings. The predicted molar refractivity (Wildman–Crippen MR) is 68.9 cm³/mol. The SMILES string of the molecule is CC(C)C1(C)CCCC(OCC(C)(O)CO)C1. The molecular formula is C14H28O3. The Morgan fingerprint density at radius 3 is 2.65 bits per heavy atom. The Hall–Kier alpha value is -0.120. The van der Waals surface area contributed by atoms with Crippen LogP contribution in [0.15, 0.2) is 0 Å². The average molecular weight is 244 g/mol. The first-order valence-electron chi connectivity index (χ1n) is 6.74. The van der Waals surface area contributed by atoms with Crippen molar-refractivity contribution >= 4 is 0 Å². The van der Waals surface area contributed by atoms with E-state index in [4.69, 9.17) is 9.84 Å². The van der Waals surface area contributed by atoms with Gasteiger partial charge in [0.25, 0.3) is 0 Å². The van der Waals surface area contributed by atoms with Crippen LogP contribution in [0.3, 0.4) is 0 Å². The lowest BCUT2D eigenvalue weighted by Crippen LogP contribution is -2.40. The Kier molecular flexibility index (Phi) is 4.99. The monoisotopic (exact) mass is 244 g/mol. The van der Waals surface area contributed by atoms with Crippen LogP contribution in [0.1, 0.15) is 53.4 Å². The molecule has 0 saturated heterocycles. The standard InChI is InChI=1S/C14H28O3/c1-11(2)13(3)7-5-6-12(8-13)17-10-14(4,16)9-15/h11-12,15-16H,5-10H2,1-4H3. The molecule has 102 valence electrons. The van der Waals surface area contributed by atoms with E-state index in [0.717, 1.165) is 12.8 Å². The second kappa shape index (κ2) is 5.68. The molecule has 1 rings (SSSR count). The van der Waals surface area contributed by atoms with Gasteiger partial charge < -0.3 is 14.9 Å². The fraction of sp³-hybridized carbons (Fsp3) is 1.00. The minimum absolute atomic E-state index is 0.225. The van der Waals surface area contributed by atoms with Crippen LogP contribution in [0, 0.1) is 11.3 Å². The maximum absolute atomic E-state index is 9.72. The molecule has 1 saturated carbocycles. The average Bonchev–Trinajstić information content (AvgIpc) is 2.27. The van der Waals surface area contributed by atoms with Crippen LogP contribution in [-0.2, 0) is 4.74 Å². The summed E-state index contributed by atoms with van der Waals surface area (Å²) in [6, 6.07) is 0. The first-order valence-corrected chi connectivity index (χ1v) is 6.74. The molecule has 0 spiro atoms. The van der Waals surface area contributed by atoms with Gasteiger partial charge in [0, 0.05) is 0 Å². The summed E-state index contributed by atoms with van der Waals surface area (Å²) in [6.07, 6.45) is 4.83. The van der Waals surface area contributed by atoms with Gasteiger partial charge in [0.05, 0.1) is 19.3 Å². The van der Waals surface area contributed by atoms with E-state index in [1.807, 2.05) is 0 Å². The van der Waals surface area contributed by atoms with E-state index in [9.17, 15) is 5.11 Å². The highest BCUT2D eigenvalue weighted by Gasteiger charge is 2.35. The molecule has 0 radical (unpaired) electrons. The third kappa shape index (κ3) is 4.23. The molecule has 3 nitrogen and oxygen atoms in total. The summed E-state index contributed by atoms with van der Waals surface area (Å²) in [6.45, 7) is 8.46. The van der Waals surface area contributed by atoms with Crippen LogP contribution >= 0.6 is 0 Å². The van der Waals surface area contributed by atoms with Crippen molar-refractivity contribution in [3.63, 3.8) is 0 Å². The largest absolute Gasteiger partial charge is 0.393 e. The summed E-state index contributed by atoms with van der Waals surface area (Å²) in [4.78, 5) is 0. The lowest BCUT2D eigenvalue weighted by molar-refractivity contribution is -0.107. The highest BCUT2D eigenvalue weighted by atomic mass is 16.5. The minimum Gasteiger partial charge on any atom is -0.393 e. The Balaban J connectivity index is 2.45. The van der Waals surface area contributed by atoms with Crippen molar-refractivity contribution in [3.8, 4) is 0 Å². The van der Waals surface area contributed by atoms with Crippen molar-refractivity contribution in [2.24, 2.45) is 11.3 Å². The molecule has 3 unspecified atom stereocenters. The normalized spacial score (nSPS) is 33.7. The molecule has 3 heteroatoms. The molecule has 3 atom stereocenters. The number of ether oxygens (including phenoxy) is 1.